The van der Waals surface area contributed by atoms with E-state index in [1.165, 1.54) is 0 Å². The van der Waals surface area contributed by atoms with Crippen molar-refractivity contribution in [2.75, 3.05) is 39.3 Å². The summed E-state index contributed by atoms with van der Waals surface area (Å²) in [5, 5.41) is 17.2. The second-order valence-corrected chi connectivity index (χ2v) is 4.48. The molecule has 0 amide bonds. The van der Waals surface area contributed by atoms with Gasteiger partial charge in [-0.2, -0.15) is 5.26 Å². The van der Waals surface area contributed by atoms with Crippen LogP contribution in [-0.4, -0.2) is 60.1 Å². The molecule has 17 heavy (non-hydrogen) atoms. The Bertz CT molecular complexity index is 275. The first kappa shape index (κ1) is 13.9. The number of hydrogen-bond acceptors (Lipinski definition) is 4. The molecule has 0 aromatic heterocycles. The molecule has 0 aliphatic carbocycles. The highest BCUT2D eigenvalue weighted by Crippen LogP contribution is 2.05. The maximum absolute atomic E-state index is 10.6. The summed E-state index contributed by atoms with van der Waals surface area (Å²) in [4.78, 5) is 15.0. The molecular weight excluding hydrogens is 218 g/mol. The van der Waals surface area contributed by atoms with Crippen LogP contribution in [0.5, 0.6) is 0 Å². The molecule has 0 unspecified atom stereocenters. The Balaban J connectivity index is 2.18. The van der Waals surface area contributed by atoms with Crippen LogP contribution in [0.3, 0.4) is 0 Å². The van der Waals surface area contributed by atoms with Gasteiger partial charge in [0.25, 0.3) is 0 Å². The molecule has 0 atom stereocenters. The highest BCUT2D eigenvalue weighted by atomic mass is 16.4. The normalized spacial score (nSPS) is 18.5. The number of carbonyl (C=O) groups is 1. The van der Waals surface area contributed by atoms with Crippen molar-refractivity contribution in [3.05, 3.63) is 0 Å². The van der Waals surface area contributed by atoms with E-state index in [1.54, 1.807) is 0 Å². The minimum Gasteiger partial charge on any atom is -0.480 e. The first-order chi connectivity index (χ1) is 8.22. The third-order valence-electron chi connectivity index (χ3n) is 3.05. The van der Waals surface area contributed by atoms with Gasteiger partial charge < -0.3 is 10.0 Å². The number of carboxylic acid groups (broad SMARTS) is 1. The molecular formula is C12H21N3O2. The van der Waals surface area contributed by atoms with Crippen LogP contribution in [-0.2, 0) is 4.79 Å². The van der Waals surface area contributed by atoms with E-state index in [2.05, 4.69) is 11.0 Å². The van der Waals surface area contributed by atoms with Gasteiger partial charge in [-0.1, -0.05) is 0 Å². The molecule has 0 aromatic rings. The molecule has 0 aromatic carbocycles. The second-order valence-electron chi connectivity index (χ2n) is 4.48. The highest BCUT2D eigenvalue weighted by molar-refractivity contribution is 5.69. The molecule has 1 aliphatic heterocycles. The molecule has 0 bridgehead atoms. The van der Waals surface area contributed by atoms with Crippen LogP contribution >= 0.6 is 0 Å². The molecule has 5 nitrogen and oxygen atoms in total. The fourth-order valence-corrected chi connectivity index (χ4v) is 2.14. The number of rotatable bonds is 6. The Hall–Kier alpha value is -1.12. The predicted molar refractivity (Wildman–Crippen MR) is 64.6 cm³/mol. The van der Waals surface area contributed by atoms with Gasteiger partial charge in [-0.05, 0) is 32.4 Å². The maximum Gasteiger partial charge on any atom is 0.317 e. The summed E-state index contributed by atoms with van der Waals surface area (Å²) in [6.45, 7) is 4.89. The van der Waals surface area contributed by atoms with Crippen LogP contribution < -0.4 is 0 Å². The third kappa shape index (κ3) is 6.25. The Morgan fingerprint density at radius 2 is 1.88 bits per heavy atom. The summed E-state index contributed by atoms with van der Waals surface area (Å²) in [6, 6.07) is 2.15. The Kier molecular flexibility index (Phi) is 6.60. The smallest absolute Gasteiger partial charge is 0.317 e. The van der Waals surface area contributed by atoms with Crippen LogP contribution in [0.1, 0.15) is 25.7 Å². The molecule has 1 rings (SSSR count). The molecule has 0 spiro atoms. The Morgan fingerprint density at radius 3 is 2.59 bits per heavy atom. The fraction of sp³-hybridized carbons (Fsp3) is 0.833. The molecule has 0 saturated carbocycles. The van der Waals surface area contributed by atoms with Crippen molar-refractivity contribution in [1.82, 2.24) is 9.80 Å². The van der Waals surface area contributed by atoms with E-state index < -0.39 is 5.97 Å². The van der Waals surface area contributed by atoms with Crippen LogP contribution in [0.4, 0.5) is 0 Å². The van der Waals surface area contributed by atoms with Gasteiger partial charge in [0.05, 0.1) is 12.6 Å². The minimum absolute atomic E-state index is 0.155. The fourth-order valence-electron chi connectivity index (χ4n) is 2.14. The van der Waals surface area contributed by atoms with E-state index in [0.717, 1.165) is 52.0 Å². The molecule has 0 radical (unpaired) electrons. The average molecular weight is 239 g/mol. The van der Waals surface area contributed by atoms with Crippen molar-refractivity contribution in [2.45, 2.75) is 25.7 Å². The van der Waals surface area contributed by atoms with E-state index in [4.69, 9.17) is 10.4 Å². The zero-order chi connectivity index (χ0) is 12.5. The van der Waals surface area contributed by atoms with Gasteiger partial charge in [0.15, 0.2) is 0 Å². The van der Waals surface area contributed by atoms with Crippen molar-refractivity contribution in [3.63, 3.8) is 0 Å². The van der Waals surface area contributed by atoms with Crippen molar-refractivity contribution in [2.24, 2.45) is 0 Å². The van der Waals surface area contributed by atoms with E-state index >= 15 is 0 Å². The summed E-state index contributed by atoms with van der Waals surface area (Å²) in [5.41, 5.74) is 0. The molecule has 1 heterocycles. The summed E-state index contributed by atoms with van der Waals surface area (Å²) in [7, 11) is 0. The third-order valence-corrected chi connectivity index (χ3v) is 3.05. The zero-order valence-electron chi connectivity index (χ0n) is 10.3. The predicted octanol–water partition coefficient (Wildman–Crippen LogP) is 0.773. The topological polar surface area (TPSA) is 67.6 Å². The van der Waals surface area contributed by atoms with E-state index in [-0.39, 0.29) is 6.54 Å². The second kappa shape index (κ2) is 8.04. The van der Waals surface area contributed by atoms with Crippen LogP contribution in [0, 0.1) is 11.3 Å². The molecule has 96 valence electrons. The number of unbranched alkanes of at least 4 members (excludes halogenated alkanes) is 2. The summed E-state index contributed by atoms with van der Waals surface area (Å²) in [5.74, 6) is -0.743. The number of carboxylic acids is 1. The van der Waals surface area contributed by atoms with Gasteiger partial charge in [0.1, 0.15) is 0 Å². The van der Waals surface area contributed by atoms with Gasteiger partial charge in [-0.15, -0.1) is 0 Å². The van der Waals surface area contributed by atoms with Crippen molar-refractivity contribution in [1.29, 1.82) is 5.26 Å². The maximum atomic E-state index is 10.6. The van der Waals surface area contributed by atoms with Crippen LogP contribution in [0.2, 0.25) is 0 Å². The first-order valence-corrected chi connectivity index (χ1v) is 6.26. The number of hydrogen-bond donors (Lipinski definition) is 1. The molecule has 1 N–H and O–H groups in total. The van der Waals surface area contributed by atoms with Crippen LogP contribution in [0.15, 0.2) is 0 Å². The molecule has 1 aliphatic rings. The lowest BCUT2D eigenvalue weighted by atomic mass is 10.2. The van der Waals surface area contributed by atoms with Gasteiger partial charge >= 0.3 is 5.97 Å². The highest BCUT2D eigenvalue weighted by Gasteiger charge is 2.15. The lowest BCUT2D eigenvalue weighted by molar-refractivity contribution is -0.138. The van der Waals surface area contributed by atoms with Crippen LogP contribution in [0.25, 0.3) is 0 Å². The number of aliphatic carboxylic acids is 1. The van der Waals surface area contributed by atoms with Gasteiger partial charge in [0.2, 0.25) is 0 Å². The van der Waals surface area contributed by atoms with Gasteiger partial charge in [-0.25, -0.2) is 0 Å². The van der Waals surface area contributed by atoms with Crippen molar-refractivity contribution >= 4 is 5.97 Å². The first-order valence-electron chi connectivity index (χ1n) is 6.26. The monoisotopic (exact) mass is 239 g/mol. The summed E-state index contributed by atoms with van der Waals surface area (Å²) >= 11 is 0. The lowest BCUT2D eigenvalue weighted by Gasteiger charge is -2.20. The van der Waals surface area contributed by atoms with E-state index in [1.807, 2.05) is 4.90 Å². The summed E-state index contributed by atoms with van der Waals surface area (Å²) in [6.07, 6.45) is 3.70. The minimum atomic E-state index is -0.743. The SMILES string of the molecule is N#CCCCCN1CCCN(CC(=O)O)CC1. The molecule has 1 saturated heterocycles. The van der Waals surface area contributed by atoms with Crippen molar-refractivity contribution < 1.29 is 9.90 Å². The van der Waals surface area contributed by atoms with E-state index in [0.29, 0.717) is 6.42 Å². The van der Waals surface area contributed by atoms with E-state index in [9.17, 15) is 4.79 Å². The Labute approximate surface area is 103 Å². The van der Waals surface area contributed by atoms with Crippen molar-refractivity contribution in [3.8, 4) is 6.07 Å². The quantitative estimate of drug-likeness (QED) is 0.693. The number of nitriles is 1. The molecule has 5 heteroatoms. The van der Waals surface area contributed by atoms with Gasteiger partial charge in [0, 0.05) is 26.1 Å². The standard InChI is InChI=1S/C12H21N3O2/c13-5-2-1-3-6-14-7-4-8-15(10-9-14)11-12(16)17/h1-4,6-11H2,(H,16,17). The lowest BCUT2D eigenvalue weighted by Crippen LogP contribution is -2.34. The molecule has 1 fully saturated rings. The zero-order valence-corrected chi connectivity index (χ0v) is 10.3. The Morgan fingerprint density at radius 1 is 1.18 bits per heavy atom. The number of nitrogens with zero attached hydrogens (tertiary/aromatic N) is 3. The largest absolute Gasteiger partial charge is 0.480 e. The average Bonchev–Trinajstić information content (AvgIpc) is 2.50. The summed E-state index contributed by atoms with van der Waals surface area (Å²) < 4.78 is 0. The van der Waals surface area contributed by atoms with Gasteiger partial charge in [-0.3, -0.25) is 9.69 Å².